The lowest BCUT2D eigenvalue weighted by Crippen LogP contribution is -2.36. The molecule has 1 unspecified atom stereocenters. The smallest absolute Gasteiger partial charge is 0.407 e. The van der Waals surface area contributed by atoms with E-state index in [1.54, 1.807) is 0 Å². The first-order valence-corrected chi connectivity index (χ1v) is 21.6. The molecule has 0 aliphatic carbocycles. The Bertz CT molecular complexity index is 875. The van der Waals surface area contributed by atoms with Crippen LogP contribution in [0, 0.1) is 0 Å². The minimum absolute atomic E-state index is 0.118. The zero-order chi connectivity index (χ0) is 38.2. The van der Waals surface area contributed by atoms with Gasteiger partial charge in [0.25, 0.3) is 0 Å². The molecule has 0 heterocycles. The van der Waals surface area contributed by atoms with Crippen molar-refractivity contribution in [1.29, 1.82) is 0 Å². The second-order valence-electron chi connectivity index (χ2n) is 14.8. The lowest BCUT2D eigenvalue weighted by atomic mass is 10.1. The van der Waals surface area contributed by atoms with Gasteiger partial charge in [0.05, 0.1) is 0 Å². The quantitative estimate of drug-likeness (QED) is 0.0292. The summed E-state index contributed by atoms with van der Waals surface area (Å²) < 4.78 is 16.3. The van der Waals surface area contributed by atoms with E-state index in [1.807, 2.05) is 19.0 Å². The van der Waals surface area contributed by atoms with Crippen molar-refractivity contribution in [1.82, 2.24) is 10.2 Å². The number of allylic oxidation sites excluding steroid dienone is 4. The van der Waals surface area contributed by atoms with Gasteiger partial charge in [-0.25, -0.2) is 4.79 Å². The van der Waals surface area contributed by atoms with Gasteiger partial charge in [0.2, 0.25) is 0 Å². The fourth-order valence-electron chi connectivity index (χ4n) is 5.90. The Morgan fingerprint density at radius 3 is 1.35 bits per heavy atom. The van der Waals surface area contributed by atoms with Crippen LogP contribution in [0.25, 0.3) is 0 Å². The van der Waals surface area contributed by atoms with Crippen LogP contribution in [0.5, 0.6) is 0 Å². The van der Waals surface area contributed by atoms with Crippen LogP contribution in [0.4, 0.5) is 4.79 Å². The number of alkyl carbamates (subject to hydrolysis) is 1. The molecule has 1 N–H and O–H groups in total. The highest BCUT2D eigenvalue weighted by Crippen LogP contribution is 2.13. The lowest BCUT2D eigenvalue weighted by Gasteiger charge is -2.18. The number of amides is 1. The van der Waals surface area contributed by atoms with Crippen molar-refractivity contribution in [3.05, 3.63) is 24.3 Å². The number of hydrogen-bond acceptors (Lipinski definition) is 7. The summed E-state index contributed by atoms with van der Waals surface area (Å²) in [5.41, 5.74) is 0. The minimum atomic E-state index is -0.826. The third-order valence-electron chi connectivity index (χ3n) is 9.24. The first kappa shape index (κ1) is 49.6. The molecule has 1 atom stereocenters. The first-order chi connectivity index (χ1) is 25.4. The molecule has 0 radical (unpaired) electrons. The zero-order valence-electron chi connectivity index (χ0n) is 34.4. The van der Waals surface area contributed by atoms with E-state index >= 15 is 0 Å². The molecular weight excluding hydrogens is 652 g/mol. The van der Waals surface area contributed by atoms with Crippen LogP contribution < -0.4 is 5.32 Å². The van der Waals surface area contributed by atoms with Crippen molar-refractivity contribution >= 4 is 18.0 Å². The lowest BCUT2D eigenvalue weighted by molar-refractivity contribution is -0.161. The molecule has 0 aromatic carbocycles. The molecule has 52 heavy (non-hydrogen) atoms. The molecule has 0 spiro atoms. The van der Waals surface area contributed by atoms with E-state index < -0.39 is 12.2 Å². The first-order valence-electron chi connectivity index (χ1n) is 21.6. The minimum Gasteiger partial charge on any atom is -0.462 e. The maximum Gasteiger partial charge on any atom is 0.407 e. The van der Waals surface area contributed by atoms with Crippen molar-refractivity contribution < 1.29 is 28.6 Å². The van der Waals surface area contributed by atoms with Crippen molar-refractivity contribution in [3.63, 3.8) is 0 Å². The van der Waals surface area contributed by atoms with Gasteiger partial charge in [-0.3, -0.25) is 9.59 Å². The normalized spacial score (nSPS) is 12.2. The molecule has 0 saturated carbocycles. The summed E-state index contributed by atoms with van der Waals surface area (Å²) in [6.07, 6.45) is 39.6. The predicted octanol–water partition coefficient (Wildman–Crippen LogP) is 11.8. The summed E-state index contributed by atoms with van der Waals surface area (Å²) >= 11 is 0. The van der Waals surface area contributed by atoms with E-state index in [-0.39, 0.29) is 25.2 Å². The SMILES string of the molecule is CCCCCCCC/C=C\CCCCCCCC(=O)OCC(COC(=O)NCCN(C)C)OC(=O)CCCCCCC/C=C\CCCCCCCC. The second-order valence-corrected chi connectivity index (χ2v) is 14.8. The van der Waals surface area contributed by atoms with Crippen LogP contribution >= 0.6 is 0 Å². The van der Waals surface area contributed by atoms with Crippen LogP contribution in [0.1, 0.15) is 194 Å². The Morgan fingerprint density at radius 1 is 0.519 bits per heavy atom. The molecule has 1 amide bonds. The van der Waals surface area contributed by atoms with Crippen molar-refractivity contribution in [3.8, 4) is 0 Å². The molecule has 0 saturated heterocycles. The fraction of sp³-hybridized carbons (Fsp3) is 0.841. The summed E-state index contributed by atoms with van der Waals surface area (Å²) in [7, 11) is 3.84. The molecule has 8 heteroatoms. The highest BCUT2D eigenvalue weighted by atomic mass is 16.6. The molecule has 0 fully saturated rings. The number of esters is 2. The summed E-state index contributed by atoms with van der Waals surface area (Å²) in [5.74, 6) is -0.668. The van der Waals surface area contributed by atoms with Crippen LogP contribution in [0.2, 0.25) is 0 Å². The molecule has 0 aliphatic rings. The molecule has 8 nitrogen and oxygen atoms in total. The van der Waals surface area contributed by atoms with Gasteiger partial charge in [-0.1, -0.05) is 141 Å². The summed E-state index contributed by atoms with van der Waals surface area (Å²) in [6, 6.07) is 0. The average Bonchev–Trinajstić information content (AvgIpc) is 3.12. The van der Waals surface area contributed by atoms with Gasteiger partial charge in [-0.05, 0) is 78.3 Å². The second kappa shape index (κ2) is 39.8. The maximum atomic E-state index is 12.6. The van der Waals surface area contributed by atoms with Crippen molar-refractivity contribution in [2.24, 2.45) is 0 Å². The molecule has 0 bridgehead atoms. The van der Waals surface area contributed by atoms with Crippen LogP contribution in [-0.2, 0) is 23.8 Å². The third kappa shape index (κ3) is 38.9. The van der Waals surface area contributed by atoms with E-state index in [2.05, 4.69) is 43.5 Å². The molecule has 0 aromatic rings. The van der Waals surface area contributed by atoms with E-state index in [4.69, 9.17) is 14.2 Å². The standard InChI is InChI=1S/C44H82N2O6/c1-5-7-9-11-13-15-17-19-21-23-25-27-29-31-33-35-42(47)50-39-41(40-51-44(49)45-37-38-46(3)4)52-43(48)36-34-32-30-28-26-24-22-20-18-16-14-12-10-8-6-2/h19-22,41H,5-18,23-40H2,1-4H3,(H,45,49)/b21-19-,22-20-. The average molecular weight is 735 g/mol. The molecule has 304 valence electrons. The van der Waals surface area contributed by atoms with E-state index in [9.17, 15) is 14.4 Å². The summed E-state index contributed by atoms with van der Waals surface area (Å²) in [5, 5.41) is 2.68. The van der Waals surface area contributed by atoms with Gasteiger partial charge in [-0.2, -0.15) is 0 Å². The number of nitrogens with zero attached hydrogens (tertiary/aromatic N) is 1. The Kier molecular flexibility index (Phi) is 38.0. The van der Waals surface area contributed by atoms with Crippen LogP contribution in [0.3, 0.4) is 0 Å². The number of likely N-dealkylation sites (N-methyl/N-ethyl adjacent to an activating group) is 1. The van der Waals surface area contributed by atoms with Gasteiger partial charge in [-0.15, -0.1) is 0 Å². The molecule has 0 aliphatic heterocycles. The predicted molar refractivity (Wildman–Crippen MR) is 218 cm³/mol. The van der Waals surface area contributed by atoms with Gasteiger partial charge in [0.1, 0.15) is 13.2 Å². The molecule has 0 rings (SSSR count). The highest BCUT2D eigenvalue weighted by molar-refractivity contribution is 5.70. The van der Waals surface area contributed by atoms with Gasteiger partial charge in [0, 0.05) is 25.9 Å². The molecular formula is C44H82N2O6. The number of unbranched alkanes of at least 4 members (excludes halogenated alkanes) is 22. The van der Waals surface area contributed by atoms with Gasteiger partial charge >= 0.3 is 18.0 Å². The number of carbonyl (C=O) groups is 3. The Labute approximate surface area is 320 Å². The third-order valence-corrected chi connectivity index (χ3v) is 9.24. The van der Waals surface area contributed by atoms with Crippen molar-refractivity contribution in [2.45, 2.75) is 200 Å². The number of hydrogen-bond donors (Lipinski definition) is 1. The van der Waals surface area contributed by atoms with Gasteiger partial charge < -0.3 is 24.4 Å². The maximum absolute atomic E-state index is 12.6. The fourth-order valence-corrected chi connectivity index (χ4v) is 5.90. The number of nitrogens with one attached hydrogen (secondary N) is 1. The number of ether oxygens (including phenoxy) is 3. The Morgan fingerprint density at radius 2 is 0.904 bits per heavy atom. The van der Waals surface area contributed by atoms with Gasteiger partial charge in [0.15, 0.2) is 6.10 Å². The van der Waals surface area contributed by atoms with E-state index in [1.165, 1.54) is 109 Å². The molecule has 0 aromatic heterocycles. The van der Waals surface area contributed by atoms with E-state index in [0.29, 0.717) is 25.9 Å². The topological polar surface area (TPSA) is 94.2 Å². The summed E-state index contributed by atoms with van der Waals surface area (Å²) in [6.45, 7) is 5.35. The number of carbonyl (C=O) groups excluding carboxylic acids is 3. The summed E-state index contributed by atoms with van der Waals surface area (Å²) in [4.78, 5) is 39.1. The zero-order valence-corrected chi connectivity index (χ0v) is 34.4. The highest BCUT2D eigenvalue weighted by Gasteiger charge is 2.19. The monoisotopic (exact) mass is 735 g/mol. The number of rotatable bonds is 38. The Hall–Kier alpha value is -2.35. The van der Waals surface area contributed by atoms with Crippen molar-refractivity contribution in [2.75, 3.05) is 40.4 Å². The van der Waals surface area contributed by atoms with Crippen LogP contribution in [0.15, 0.2) is 24.3 Å². The Balaban J connectivity index is 4.21. The van der Waals surface area contributed by atoms with Crippen LogP contribution in [-0.4, -0.2) is 69.4 Å². The van der Waals surface area contributed by atoms with E-state index in [0.717, 1.165) is 57.8 Å². The largest absolute Gasteiger partial charge is 0.462 e.